The monoisotopic (exact) mass is 310 g/mol. The lowest BCUT2D eigenvalue weighted by atomic mass is 10.1. The van der Waals surface area contributed by atoms with Gasteiger partial charge in [-0.1, -0.05) is 30.3 Å². The summed E-state index contributed by atoms with van der Waals surface area (Å²) in [4.78, 5) is 7.12. The number of benzene rings is 2. The highest BCUT2D eigenvalue weighted by Gasteiger charge is 2.30. The number of fused-ring (bicyclic) bond motifs is 1. The van der Waals surface area contributed by atoms with Gasteiger partial charge in [-0.25, -0.2) is 4.98 Å². The average molecular weight is 311 g/mol. The molecule has 0 aliphatic heterocycles. The number of H-pyrrole nitrogens is 1. The fourth-order valence-electron chi connectivity index (χ4n) is 2.11. The van der Waals surface area contributed by atoms with E-state index in [1.54, 1.807) is 0 Å². The summed E-state index contributed by atoms with van der Waals surface area (Å²) >= 11 is 6.32. The number of alkyl halides is 4. The van der Waals surface area contributed by atoms with Crippen LogP contribution in [0.25, 0.3) is 11.0 Å². The molecule has 0 radical (unpaired) electrons. The molecule has 1 aromatic heterocycles. The van der Waals surface area contributed by atoms with Crippen LogP contribution in [-0.2, 0) is 6.18 Å². The number of hydrogen-bond donors (Lipinski definition) is 1. The zero-order chi connectivity index (χ0) is 15.0. The van der Waals surface area contributed by atoms with Crippen LogP contribution in [-0.4, -0.2) is 9.97 Å². The molecule has 3 rings (SSSR count). The highest BCUT2D eigenvalue weighted by Crippen LogP contribution is 2.32. The van der Waals surface area contributed by atoms with Gasteiger partial charge < -0.3 is 4.98 Å². The molecule has 6 heteroatoms. The maximum atomic E-state index is 12.7. The summed E-state index contributed by atoms with van der Waals surface area (Å²) in [6.45, 7) is 0. The lowest BCUT2D eigenvalue weighted by Gasteiger charge is -2.06. The van der Waals surface area contributed by atoms with E-state index in [1.165, 1.54) is 6.07 Å². The molecule has 3 aromatic rings. The first-order valence-electron chi connectivity index (χ1n) is 6.21. The molecule has 2 nitrogen and oxygen atoms in total. The van der Waals surface area contributed by atoms with Crippen LogP contribution in [0.5, 0.6) is 0 Å². The summed E-state index contributed by atoms with van der Waals surface area (Å²) in [5, 5.41) is -0.534. The smallest absolute Gasteiger partial charge is 0.340 e. The number of nitrogens with one attached hydrogen (secondary N) is 1. The number of hydrogen-bond acceptors (Lipinski definition) is 1. The molecule has 0 fully saturated rings. The van der Waals surface area contributed by atoms with Crippen molar-refractivity contribution in [1.29, 1.82) is 0 Å². The number of nitrogens with zero attached hydrogens (tertiary/aromatic N) is 1. The topological polar surface area (TPSA) is 28.7 Å². The fourth-order valence-corrected chi connectivity index (χ4v) is 2.35. The minimum absolute atomic E-state index is 0.321. The zero-order valence-corrected chi connectivity index (χ0v) is 11.4. The Hall–Kier alpha value is -2.01. The van der Waals surface area contributed by atoms with Gasteiger partial charge in [0.1, 0.15) is 11.2 Å². The minimum atomic E-state index is -4.38. The van der Waals surface area contributed by atoms with Gasteiger partial charge in [0.05, 0.1) is 16.6 Å². The highest BCUT2D eigenvalue weighted by molar-refractivity contribution is 6.22. The van der Waals surface area contributed by atoms with Crippen LogP contribution in [0.3, 0.4) is 0 Å². The van der Waals surface area contributed by atoms with Crippen molar-refractivity contribution in [2.45, 2.75) is 11.6 Å². The number of aromatic amines is 1. The number of aromatic nitrogens is 2. The van der Waals surface area contributed by atoms with Gasteiger partial charge >= 0.3 is 6.18 Å². The molecule has 1 unspecified atom stereocenters. The van der Waals surface area contributed by atoms with E-state index >= 15 is 0 Å². The van der Waals surface area contributed by atoms with Crippen molar-refractivity contribution in [1.82, 2.24) is 9.97 Å². The molecule has 0 saturated heterocycles. The molecule has 0 aliphatic carbocycles. The molecule has 0 aliphatic rings. The summed E-state index contributed by atoms with van der Waals surface area (Å²) in [6.07, 6.45) is -4.38. The number of halogens is 4. The SMILES string of the molecule is FC(F)(F)c1ccc2nc(C(Cl)c3ccccc3)[nH]c2c1. The first-order valence-corrected chi connectivity index (χ1v) is 6.64. The molecule has 1 heterocycles. The molecule has 0 amide bonds. The van der Waals surface area contributed by atoms with Crippen LogP contribution < -0.4 is 0 Å². The van der Waals surface area contributed by atoms with E-state index in [0.717, 1.165) is 17.7 Å². The Labute approximate surface area is 123 Å². The predicted octanol–water partition coefficient (Wildman–Crippen LogP) is 4.91. The maximum Gasteiger partial charge on any atom is 0.416 e. The van der Waals surface area contributed by atoms with Crippen molar-refractivity contribution in [3.63, 3.8) is 0 Å². The van der Waals surface area contributed by atoms with Gasteiger partial charge in [0.15, 0.2) is 0 Å². The normalized spacial score (nSPS) is 13.5. The second kappa shape index (κ2) is 5.07. The molecule has 0 spiro atoms. The van der Waals surface area contributed by atoms with E-state index in [4.69, 9.17) is 11.6 Å². The lowest BCUT2D eigenvalue weighted by Crippen LogP contribution is -2.04. The van der Waals surface area contributed by atoms with Crippen molar-refractivity contribution in [2.75, 3.05) is 0 Å². The van der Waals surface area contributed by atoms with E-state index in [0.29, 0.717) is 16.9 Å². The average Bonchev–Trinajstić information content (AvgIpc) is 2.89. The van der Waals surface area contributed by atoms with Crippen LogP contribution in [0.2, 0.25) is 0 Å². The van der Waals surface area contributed by atoms with Crippen LogP contribution in [0.4, 0.5) is 13.2 Å². The van der Waals surface area contributed by atoms with Gasteiger partial charge in [-0.05, 0) is 23.8 Å². The second-order valence-electron chi connectivity index (χ2n) is 4.62. The molecule has 1 N–H and O–H groups in total. The summed E-state index contributed by atoms with van der Waals surface area (Å²) in [6, 6.07) is 12.6. The van der Waals surface area contributed by atoms with Gasteiger partial charge in [0, 0.05) is 0 Å². The van der Waals surface area contributed by atoms with Crippen LogP contribution in [0.1, 0.15) is 22.3 Å². The molecule has 0 bridgehead atoms. The maximum absolute atomic E-state index is 12.7. The Balaban J connectivity index is 2.02. The van der Waals surface area contributed by atoms with E-state index in [2.05, 4.69) is 9.97 Å². The summed E-state index contributed by atoms with van der Waals surface area (Å²) in [5.74, 6) is 0.428. The highest BCUT2D eigenvalue weighted by atomic mass is 35.5. The van der Waals surface area contributed by atoms with Crippen molar-refractivity contribution in [3.05, 3.63) is 65.5 Å². The van der Waals surface area contributed by atoms with Crippen molar-refractivity contribution >= 4 is 22.6 Å². The van der Waals surface area contributed by atoms with Crippen molar-refractivity contribution in [3.8, 4) is 0 Å². The van der Waals surface area contributed by atoms with Crippen LogP contribution in [0.15, 0.2) is 48.5 Å². The van der Waals surface area contributed by atoms with Crippen molar-refractivity contribution in [2.24, 2.45) is 0 Å². The van der Waals surface area contributed by atoms with Gasteiger partial charge in [-0.15, -0.1) is 11.6 Å². The number of rotatable bonds is 2. The third-order valence-electron chi connectivity index (χ3n) is 3.16. The quantitative estimate of drug-likeness (QED) is 0.669. The molecule has 21 heavy (non-hydrogen) atoms. The Morgan fingerprint density at radius 1 is 1.05 bits per heavy atom. The van der Waals surface area contributed by atoms with Gasteiger partial charge in [0.25, 0.3) is 0 Å². The fraction of sp³-hybridized carbons (Fsp3) is 0.133. The largest absolute Gasteiger partial charge is 0.416 e. The first kappa shape index (κ1) is 13.9. The van der Waals surface area contributed by atoms with Gasteiger partial charge in [-0.2, -0.15) is 13.2 Å². The first-order chi connectivity index (χ1) is 9.95. The van der Waals surface area contributed by atoms with E-state index < -0.39 is 17.1 Å². The Bertz CT molecular complexity index is 765. The van der Waals surface area contributed by atoms with E-state index in [-0.39, 0.29) is 0 Å². The molecule has 1 atom stereocenters. The summed E-state index contributed by atoms with van der Waals surface area (Å²) in [5.41, 5.74) is 0.895. The lowest BCUT2D eigenvalue weighted by molar-refractivity contribution is -0.137. The third-order valence-corrected chi connectivity index (χ3v) is 3.62. The Kier molecular flexibility index (Phi) is 3.37. The molecular formula is C15H10ClF3N2. The molecule has 2 aromatic carbocycles. The third kappa shape index (κ3) is 2.74. The summed E-state index contributed by atoms with van der Waals surface area (Å²) in [7, 11) is 0. The van der Waals surface area contributed by atoms with E-state index in [9.17, 15) is 13.2 Å². The Morgan fingerprint density at radius 3 is 2.43 bits per heavy atom. The zero-order valence-electron chi connectivity index (χ0n) is 10.7. The summed E-state index contributed by atoms with van der Waals surface area (Å²) < 4.78 is 38.1. The minimum Gasteiger partial charge on any atom is -0.340 e. The van der Waals surface area contributed by atoms with E-state index in [1.807, 2.05) is 30.3 Å². The van der Waals surface area contributed by atoms with Gasteiger partial charge in [0.2, 0.25) is 0 Å². The molecule has 108 valence electrons. The predicted molar refractivity (Wildman–Crippen MR) is 75.2 cm³/mol. The van der Waals surface area contributed by atoms with Crippen molar-refractivity contribution < 1.29 is 13.2 Å². The second-order valence-corrected chi connectivity index (χ2v) is 5.06. The number of imidazole rings is 1. The van der Waals surface area contributed by atoms with Crippen LogP contribution in [0, 0.1) is 0 Å². The standard InChI is InChI=1S/C15H10ClF3N2/c16-13(9-4-2-1-3-5-9)14-20-11-7-6-10(15(17,18)19)8-12(11)21-14/h1-8,13H,(H,20,21). The molecular weight excluding hydrogens is 301 g/mol. The van der Waals surface area contributed by atoms with Crippen LogP contribution >= 0.6 is 11.6 Å². The Morgan fingerprint density at radius 2 is 1.76 bits per heavy atom. The van der Waals surface area contributed by atoms with Gasteiger partial charge in [-0.3, -0.25) is 0 Å². The molecule has 0 saturated carbocycles.